The Hall–Kier alpha value is -3.95. The van der Waals surface area contributed by atoms with Crippen LogP contribution in [-0.4, -0.2) is 25.5 Å². The van der Waals surface area contributed by atoms with Gasteiger partial charge in [0.2, 0.25) is 0 Å². The van der Waals surface area contributed by atoms with Crippen molar-refractivity contribution in [2.45, 2.75) is 13.2 Å². The van der Waals surface area contributed by atoms with E-state index < -0.39 is 22.9 Å². The molecule has 0 saturated heterocycles. The summed E-state index contributed by atoms with van der Waals surface area (Å²) >= 11 is 0. The van der Waals surface area contributed by atoms with Crippen molar-refractivity contribution in [3.8, 4) is 0 Å². The van der Waals surface area contributed by atoms with Crippen LogP contribution in [-0.2, 0) is 22.7 Å². The summed E-state index contributed by atoms with van der Waals surface area (Å²) in [7, 11) is 0. The maximum atomic E-state index is 11.5. The van der Waals surface area contributed by atoms with Gasteiger partial charge >= 0.3 is 17.3 Å². The minimum atomic E-state index is -0.635. The van der Waals surface area contributed by atoms with E-state index in [2.05, 4.69) is 9.97 Å². The van der Waals surface area contributed by atoms with Gasteiger partial charge in [-0.05, 0) is 5.56 Å². The Labute approximate surface area is 151 Å². The summed E-state index contributed by atoms with van der Waals surface area (Å²) in [5.74, 6) is -0.544. The molecule has 0 spiro atoms. The van der Waals surface area contributed by atoms with Gasteiger partial charge in [-0.3, -0.25) is 28.9 Å². The molecule has 0 aliphatic carbocycles. The number of hydrogen-bond donors (Lipinski definition) is 3. The van der Waals surface area contributed by atoms with Crippen molar-refractivity contribution in [2.24, 2.45) is 0 Å². The van der Waals surface area contributed by atoms with Crippen LogP contribution in [0.3, 0.4) is 0 Å². The Morgan fingerprint density at radius 2 is 1.63 bits per heavy atom. The van der Waals surface area contributed by atoms with Crippen molar-refractivity contribution in [3.63, 3.8) is 0 Å². The van der Waals surface area contributed by atoms with E-state index in [1.807, 2.05) is 35.3 Å². The zero-order valence-electron chi connectivity index (χ0n) is 14.0. The Balaban J connectivity index is 0.000000273. The van der Waals surface area contributed by atoms with E-state index in [0.717, 1.165) is 10.1 Å². The first kappa shape index (κ1) is 19.4. The van der Waals surface area contributed by atoms with Crippen molar-refractivity contribution in [3.05, 3.63) is 102 Å². The molecule has 27 heavy (non-hydrogen) atoms. The highest BCUT2D eigenvalue weighted by molar-refractivity contribution is 5.69. The van der Waals surface area contributed by atoms with E-state index in [-0.39, 0.29) is 18.7 Å². The number of benzene rings is 1. The van der Waals surface area contributed by atoms with Gasteiger partial charge in [0, 0.05) is 24.5 Å². The number of aromatic nitrogens is 4. The fourth-order valence-corrected chi connectivity index (χ4v) is 1.87. The van der Waals surface area contributed by atoms with Crippen molar-refractivity contribution in [1.82, 2.24) is 19.5 Å². The van der Waals surface area contributed by atoms with Crippen LogP contribution in [0.2, 0.25) is 0 Å². The van der Waals surface area contributed by atoms with Crippen LogP contribution in [0.15, 0.2) is 74.0 Å². The first-order valence-corrected chi connectivity index (χ1v) is 7.71. The van der Waals surface area contributed by atoms with Crippen LogP contribution in [0.5, 0.6) is 0 Å². The molecule has 3 N–H and O–H groups in total. The van der Waals surface area contributed by atoms with Gasteiger partial charge in [0.25, 0.3) is 11.1 Å². The summed E-state index contributed by atoms with van der Waals surface area (Å²) in [6.07, 6.45) is 2.55. The summed E-state index contributed by atoms with van der Waals surface area (Å²) < 4.78 is 6.10. The van der Waals surface area contributed by atoms with Crippen LogP contribution in [0, 0.1) is 0 Å². The number of H-pyrrole nitrogens is 3. The van der Waals surface area contributed by atoms with Crippen molar-refractivity contribution in [1.29, 1.82) is 0 Å². The number of esters is 1. The third kappa shape index (κ3) is 6.82. The highest BCUT2D eigenvalue weighted by Gasteiger charge is 2.06. The summed E-state index contributed by atoms with van der Waals surface area (Å²) in [5, 5.41) is 0. The van der Waals surface area contributed by atoms with E-state index in [9.17, 15) is 24.0 Å². The van der Waals surface area contributed by atoms with Crippen LogP contribution < -0.4 is 22.5 Å². The second-order valence-electron chi connectivity index (χ2n) is 5.18. The normalized spacial score (nSPS) is 9.78. The highest BCUT2D eigenvalue weighted by atomic mass is 16.5. The van der Waals surface area contributed by atoms with Gasteiger partial charge in [0.1, 0.15) is 13.2 Å². The fraction of sp³-hybridized carbons (Fsp3) is 0.118. The number of ether oxygens (including phenoxy) is 1. The molecule has 0 aliphatic heterocycles. The molecule has 0 radical (unpaired) electrons. The maximum absolute atomic E-state index is 11.5. The minimum absolute atomic E-state index is 0.151. The molecule has 0 bridgehead atoms. The lowest BCUT2D eigenvalue weighted by atomic mass is 10.2. The van der Waals surface area contributed by atoms with Crippen molar-refractivity contribution in [2.75, 3.05) is 0 Å². The van der Waals surface area contributed by atoms with Gasteiger partial charge in [-0.1, -0.05) is 30.3 Å². The van der Waals surface area contributed by atoms with E-state index in [1.165, 1.54) is 24.5 Å². The van der Waals surface area contributed by atoms with Crippen molar-refractivity contribution >= 4 is 5.97 Å². The molecule has 1 aromatic carbocycles. The average molecular weight is 372 g/mol. The summed E-state index contributed by atoms with van der Waals surface area (Å²) in [6, 6.07) is 11.6. The number of hydrogen-bond acceptors (Lipinski definition) is 6. The first-order valence-electron chi connectivity index (χ1n) is 7.71. The molecule has 0 aliphatic rings. The molecular weight excluding hydrogens is 356 g/mol. The van der Waals surface area contributed by atoms with Gasteiger partial charge in [-0.25, -0.2) is 9.59 Å². The fourth-order valence-electron chi connectivity index (χ4n) is 1.87. The van der Waals surface area contributed by atoms with Gasteiger partial charge in [0.15, 0.2) is 0 Å². The van der Waals surface area contributed by atoms with Crippen LogP contribution >= 0.6 is 0 Å². The average Bonchev–Trinajstić information content (AvgIpc) is 2.64. The summed E-state index contributed by atoms with van der Waals surface area (Å²) in [6.45, 7) is -0.0831. The van der Waals surface area contributed by atoms with Gasteiger partial charge in [-0.15, -0.1) is 0 Å². The van der Waals surface area contributed by atoms with E-state index in [4.69, 9.17) is 4.74 Å². The number of carbonyl (C=O) groups is 1. The maximum Gasteiger partial charge on any atom is 0.328 e. The molecule has 0 amide bonds. The van der Waals surface area contributed by atoms with E-state index in [1.54, 1.807) is 0 Å². The number of nitrogens with one attached hydrogen (secondary N) is 3. The lowest BCUT2D eigenvalue weighted by Crippen LogP contribution is -2.31. The number of aromatic amines is 3. The minimum Gasteiger partial charge on any atom is -0.459 e. The second kappa shape index (κ2) is 9.51. The zero-order valence-corrected chi connectivity index (χ0v) is 14.0. The number of rotatable bonds is 4. The Kier molecular flexibility index (Phi) is 6.83. The quantitative estimate of drug-likeness (QED) is 0.518. The largest absolute Gasteiger partial charge is 0.459 e. The van der Waals surface area contributed by atoms with Crippen LogP contribution in [0.4, 0.5) is 0 Å². The van der Waals surface area contributed by atoms with Crippen molar-refractivity contribution < 1.29 is 9.53 Å². The predicted molar refractivity (Wildman–Crippen MR) is 95.2 cm³/mol. The highest BCUT2D eigenvalue weighted by Crippen LogP contribution is 2.00. The molecular formula is C17H16N4O6. The third-order valence-corrected chi connectivity index (χ3v) is 3.12. The molecule has 2 aromatic heterocycles. The number of nitrogens with zero attached hydrogens (tertiary/aromatic N) is 1. The Morgan fingerprint density at radius 3 is 2.22 bits per heavy atom. The van der Waals surface area contributed by atoms with Gasteiger partial charge in [0.05, 0.1) is 0 Å². The molecule has 10 nitrogen and oxygen atoms in total. The second-order valence-corrected chi connectivity index (χ2v) is 5.18. The lowest BCUT2D eigenvalue weighted by molar-refractivity contribution is -0.145. The molecule has 2 heterocycles. The molecule has 3 rings (SSSR count). The summed E-state index contributed by atoms with van der Waals surface area (Å²) in [4.78, 5) is 60.5. The predicted octanol–water partition coefficient (Wildman–Crippen LogP) is -0.657. The van der Waals surface area contributed by atoms with Gasteiger partial charge < -0.3 is 9.72 Å². The van der Waals surface area contributed by atoms with Crippen LogP contribution in [0.25, 0.3) is 0 Å². The lowest BCUT2D eigenvalue weighted by Gasteiger charge is -2.06. The molecule has 0 unspecified atom stereocenters. The zero-order chi connectivity index (χ0) is 19.6. The topological polar surface area (TPSA) is 147 Å². The van der Waals surface area contributed by atoms with E-state index >= 15 is 0 Å². The Morgan fingerprint density at radius 1 is 0.926 bits per heavy atom. The first-order chi connectivity index (χ1) is 12.9. The summed E-state index contributed by atoms with van der Waals surface area (Å²) in [5.41, 5.74) is -1.13. The van der Waals surface area contributed by atoms with Crippen LogP contribution in [0.1, 0.15) is 5.56 Å². The molecule has 0 saturated carbocycles. The number of carbonyl (C=O) groups excluding carboxylic acids is 1. The smallest absolute Gasteiger partial charge is 0.328 e. The molecule has 3 aromatic rings. The van der Waals surface area contributed by atoms with E-state index in [0.29, 0.717) is 0 Å². The molecule has 0 atom stereocenters. The molecule has 10 heteroatoms. The molecule has 140 valence electrons. The third-order valence-electron chi connectivity index (χ3n) is 3.12. The standard InChI is InChI=1S/C13H12N2O4.C4H4N2O2/c16-11-6-7-15(13(18)14-11)8-12(17)19-9-10-4-2-1-3-5-10;7-3-1-2-5-4(8)6-3/h1-7H,8-9H2,(H,14,16,18);1-2H,(H2,5,6,7,8). The monoisotopic (exact) mass is 372 g/mol. The Bertz CT molecular complexity index is 1090. The molecule has 0 fully saturated rings. The van der Waals surface area contributed by atoms with Gasteiger partial charge in [-0.2, -0.15) is 0 Å². The SMILES string of the molecule is O=C(Cn1ccc(=O)[nH]c1=O)OCc1ccccc1.O=c1cc[nH]c(=O)[nH]1.